The number of nitrogens with one attached hydrogen (secondary N) is 1. The molecule has 10 nitrogen and oxygen atoms in total. The largest absolute Gasteiger partial charge is 0.443 e. The Morgan fingerprint density at radius 3 is 2.15 bits per heavy atom. The first-order valence-electron chi connectivity index (χ1n) is 14.2. The van der Waals surface area contributed by atoms with Crippen molar-refractivity contribution in [1.29, 1.82) is 0 Å². The maximum absolute atomic E-state index is 14.3. The number of para-hydroxylation sites is 1. The van der Waals surface area contributed by atoms with Crippen LogP contribution in [0.1, 0.15) is 49.3 Å². The first-order valence-corrected chi connectivity index (χ1v) is 14.2. The first kappa shape index (κ1) is 36.9. The number of benzodiazepines with no additional fused rings is 1. The lowest BCUT2D eigenvalue weighted by Gasteiger charge is -2.29. The molecule has 1 aliphatic heterocycles. The van der Waals surface area contributed by atoms with Gasteiger partial charge in [-0.2, -0.15) is 26.3 Å². The number of fused-ring (bicyclic) bond motifs is 1. The molecule has 0 spiro atoms. The number of carbonyl (C=O) groups excluding carboxylic acids is 4. The summed E-state index contributed by atoms with van der Waals surface area (Å²) in [6.45, 7) is 2.12. The van der Waals surface area contributed by atoms with Gasteiger partial charge in [-0.1, -0.05) is 30.3 Å². The van der Waals surface area contributed by atoms with Gasteiger partial charge in [0.15, 0.2) is 6.73 Å². The summed E-state index contributed by atoms with van der Waals surface area (Å²) in [5, 5.41) is 2.15. The normalized spacial score (nSPS) is 17.1. The summed E-state index contributed by atoms with van der Waals surface area (Å²) in [4.78, 5) is 57.3. The van der Waals surface area contributed by atoms with E-state index in [4.69, 9.17) is 16.2 Å². The van der Waals surface area contributed by atoms with Crippen LogP contribution in [0.3, 0.4) is 0 Å². The predicted octanol–water partition coefficient (Wildman–Crippen LogP) is 4.01. The van der Waals surface area contributed by atoms with Crippen molar-refractivity contribution in [2.24, 2.45) is 28.3 Å². The zero-order chi connectivity index (χ0) is 35.3. The number of rotatable bonds is 12. The Labute approximate surface area is 264 Å². The Morgan fingerprint density at radius 1 is 1.00 bits per heavy atom. The van der Waals surface area contributed by atoms with Crippen molar-refractivity contribution in [3.63, 3.8) is 0 Å². The number of aliphatic imine (C=N–C) groups is 1. The van der Waals surface area contributed by atoms with Crippen LogP contribution in [-0.2, 0) is 23.9 Å². The van der Waals surface area contributed by atoms with Gasteiger partial charge in [0.05, 0.1) is 11.4 Å². The molecule has 0 bridgehead atoms. The van der Waals surface area contributed by atoms with Crippen LogP contribution in [0.2, 0.25) is 0 Å². The minimum atomic E-state index is -4.87. The number of amides is 3. The van der Waals surface area contributed by atoms with E-state index in [1.54, 1.807) is 19.1 Å². The number of nitrogens with two attached hydrogens (primary N) is 2. The van der Waals surface area contributed by atoms with Gasteiger partial charge in [0.2, 0.25) is 18.0 Å². The van der Waals surface area contributed by atoms with Crippen molar-refractivity contribution in [1.82, 2.24) is 5.32 Å². The van der Waals surface area contributed by atoms with Gasteiger partial charge < -0.3 is 21.5 Å². The molecule has 0 aliphatic carbocycles. The van der Waals surface area contributed by atoms with Crippen molar-refractivity contribution in [2.75, 3.05) is 11.6 Å². The number of ether oxygens (including phenoxy) is 1. The fourth-order valence-electron chi connectivity index (χ4n) is 5.00. The summed E-state index contributed by atoms with van der Waals surface area (Å²) < 4.78 is 98.3. The second-order valence-corrected chi connectivity index (χ2v) is 10.9. The number of aryl methyl sites for hydroxylation is 1. The van der Waals surface area contributed by atoms with E-state index in [9.17, 15) is 49.9 Å². The van der Waals surface area contributed by atoms with Gasteiger partial charge in [-0.25, -0.2) is 9.38 Å². The number of primary amides is 1. The third-order valence-corrected chi connectivity index (χ3v) is 7.27. The van der Waals surface area contributed by atoms with Crippen LogP contribution in [0, 0.1) is 24.6 Å². The maximum Gasteiger partial charge on any atom is 0.389 e. The van der Waals surface area contributed by atoms with E-state index < -0.39 is 98.3 Å². The first-order chi connectivity index (χ1) is 21.8. The molecule has 3 rings (SSSR count). The standard InChI is InChI=1S/C30H32F7N5O5/c1-15-5-3-8-21-22(17-6-4-7-18(31)13-17)40-25(27(45)42(23(15)21)14-47-28(46)16(2)38)41-26(44)20(10-12-30(35,36)37)19(24(39)43)9-11-29(32,33)34/h3-8,13,16,19-20,25H,9-12,14,38H2,1-2H3,(H2,39,43)(H,41,44)/t16-,19-,20+,25+/m0/s1. The molecular weight excluding hydrogens is 643 g/mol. The van der Waals surface area contributed by atoms with Crippen LogP contribution in [-0.4, -0.2) is 60.7 Å². The van der Waals surface area contributed by atoms with Crippen LogP contribution >= 0.6 is 0 Å². The Morgan fingerprint density at radius 2 is 1.60 bits per heavy atom. The van der Waals surface area contributed by atoms with Gasteiger partial charge in [0, 0.05) is 35.8 Å². The average Bonchev–Trinajstić information content (AvgIpc) is 3.07. The summed E-state index contributed by atoms with van der Waals surface area (Å²) in [5.74, 6) is -9.66. The number of carbonyl (C=O) groups is 4. The molecule has 4 atom stereocenters. The summed E-state index contributed by atoms with van der Waals surface area (Å²) >= 11 is 0. The molecule has 17 heteroatoms. The van der Waals surface area contributed by atoms with Crippen LogP contribution < -0.4 is 21.7 Å². The fraction of sp³-hybridized carbons (Fsp3) is 0.433. The predicted molar refractivity (Wildman–Crippen MR) is 154 cm³/mol. The maximum atomic E-state index is 14.3. The number of alkyl halides is 6. The number of esters is 1. The molecular formula is C30H32F7N5O5. The molecule has 5 N–H and O–H groups in total. The highest BCUT2D eigenvalue weighted by atomic mass is 19.4. The van der Waals surface area contributed by atoms with Gasteiger partial charge in [-0.3, -0.25) is 24.1 Å². The zero-order valence-corrected chi connectivity index (χ0v) is 25.1. The van der Waals surface area contributed by atoms with Crippen LogP contribution in [0.5, 0.6) is 0 Å². The second-order valence-electron chi connectivity index (χ2n) is 10.9. The molecule has 2 aromatic rings. The molecule has 0 saturated heterocycles. The molecule has 0 aromatic heterocycles. The van der Waals surface area contributed by atoms with Crippen molar-refractivity contribution in [3.05, 3.63) is 65.0 Å². The van der Waals surface area contributed by atoms with Gasteiger partial charge in [0.1, 0.15) is 11.9 Å². The molecule has 1 heterocycles. The Hall–Kier alpha value is -4.54. The number of hydrogen-bond acceptors (Lipinski definition) is 7. The summed E-state index contributed by atoms with van der Waals surface area (Å²) in [6.07, 6.45) is -17.2. The number of hydrogen-bond donors (Lipinski definition) is 3. The second kappa shape index (κ2) is 14.9. The van der Waals surface area contributed by atoms with E-state index in [2.05, 4.69) is 10.3 Å². The number of nitrogens with zero attached hydrogens (tertiary/aromatic N) is 2. The van der Waals surface area contributed by atoms with Gasteiger partial charge >= 0.3 is 18.3 Å². The minimum Gasteiger partial charge on any atom is -0.443 e. The molecule has 0 radical (unpaired) electrons. The number of benzene rings is 2. The molecule has 2 aromatic carbocycles. The highest BCUT2D eigenvalue weighted by Gasteiger charge is 2.42. The highest BCUT2D eigenvalue weighted by Crippen LogP contribution is 2.34. The smallest absolute Gasteiger partial charge is 0.389 e. The van der Waals surface area contributed by atoms with Gasteiger partial charge in [-0.05, 0) is 44.4 Å². The third kappa shape index (κ3) is 9.97. The van der Waals surface area contributed by atoms with Crippen molar-refractivity contribution >= 4 is 35.1 Å². The van der Waals surface area contributed by atoms with Gasteiger partial charge in [0.25, 0.3) is 5.91 Å². The Kier molecular flexibility index (Phi) is 11.7. The van der Waals surface area contributed by atoms with E-state index in [1.165, 1.54) is 25.1 Å². The summed E-state index contributed by atoms with van der Waals surface area (Å²) in [5.41, 5.74) is 11.6. The Balaban J connectivity index is 2.15. The van der Waals surface area contributed by atoms with Crippen molar-refractivity contribution in [2.45, 2.75) is 64.1 Å². The van der Waals surface area contributed by atoms with Crippen LogP contribution in [0.4, 0.5) is 36.4 Å². The summed E-state index contributed by atoms with van der Waals surface area (Å²) in [6, 6.07) is 8.48. The fourth-order valence-corrected chi connectivity index (χ4v) is 5.00. The monoisotopic (exact) mass is 675 g/mol. The lowest BCUT2D eigenvalue weighted by Crippen LogP contribution is -2.51. The average molecular weight is 676 g/mol. The van der Waals surface area contributed by atoms with Crippen molar-refractivity contribution in [3.8, 4) is 0 Å². The van der Waals surface area contributed by atoms with Crippen LogP contribution in [0.25, 0.3) is 0 Å². The molecule has 3 amide bonds. The summed E-state index contributed by atoms with van der Waals surface area (Å²) in [7, 11) is 0. The highest BCUT2D eigenvalue weighted by molar-refractivity contribution is 6.20. The zero-order valence-electron chi connectivity index (χ0n) is 25.1. The van der Waals surface area contributed by atoms with Crippen molar-refractivity contribution < 1.29 is 54.6 Å². The Bertz CT molecular complexity index is 1530. The SMILES string of the molecule is Cc1cccc2c1N(COC(=O)[C@H](C)N)C(=O)[C@@H](NC(=O)[C@H](CCC(F)(F)F)[C@H](CCC(F)(F)F)C(N)=O)N=C2c1cccc(F)c1. The lowest BCUT2D eigenvalue weighted by atomic mass is 9.83. The molecule has 1 aliphatic rings. The molecule has 256 valence electrons. The van der Waals surface area contributed by atoms with Crippen LogP contribution in [0.15, 0.2) is 47.5 Å². The molecule has 47 heavy (non-hydrogen) atoms. The number of halogens is 7. The molecule has 0 unspecified atom stereocenters. The minimum absolute atomic E-state index is 0.0711. The van der Waals surface area contributed by atoms with E-state index in [-0.39, 0.29) is 22.5 Å². The van der Waals surface area contributed by atoms with E-state index in [1.807, 2.05) is 0 Å². The van der Waals surface area contributed by atoms with E-state index >= 15 is 0 Å². The third-order valence-electron chi connectivity index (χ3n) is 7.27. The number of anilines is 1. The quantitative estimate of drug-likeness (QED) is 0.228. The topological polar surface area (TPSA) is 157 Å². The lowest BCUT2D eigenvalue weighted by molar-refractivity contribution is -0.152. The molecule has 0 fully saturated rings. The van der Waals surface area contributed by atoms with E-state index in [0.717, 1.165) is 17.0 Å². The van der Waals surface area contributed by atoms with E-state index in [0.29, 0.717) is 5.56 Å². The van der Waals surface area contributed by atoms with Gasteiger partial charge in [-0.15, -0.1) is 0 Å². The molecule has 0 saturated carbocycles.